The highest BCUT2D eigenvalue weighted by molar-refractivity contribution is 6.65. The van der Waals surface area contributed by atoms with Gasteiger partial charge in [-0.15, -0.1) is 0 Å². The van der Waals surface area contributed by atoms with Gasteiger partial charge < -0.3 is 9.31 Å². The lowest BCUT2D eigenvalue weighted by Gasteiger charge is -2.32. The van der Waals surface area contributed by atoms with Gasteiger partial charge in [0.1, 0.15) is 5.82 Å². The number of aryl methyl sites for hydroxylation is 1. The molecule has 0 amide bonds. The SMILES string of the molecule is CCCc1nc2cccc(B3OC(C)(C)C(C)(C)O3)c2c(=O)n1-c1ccccc1. The molecule has 4 rings (SSSR count). The molecular weight excluding hydrogens is 363 g/mol. The van der Waals surface area contributed by atoms with Gasteiger partial charge >= 0.3 is 7.12 Å². The maximum atomic E-state index is 13.7. The van der Waals surface area contributed by atoms with E-state index in [4.69, 9.17) is 14.3 Å². The van der Waals surface area contributed by atoms with Gasteiger partial charge in [0.05, 0.1) is 27.8 Å². The minimum Gasteiger partial charge on any atom is -0.399 e. The zero-order chi connectivity index (χ0) is 20.8. The van der Waals surface area contributed by atoms with Crippen molar-refractivity contribution in [2.45, 2.75) is 58.7 Å². The number of para-hydroxylation sites is 1. The average molecular weight is 390 g/mol. The quantitative estimate of drug-likeness (QED) is 0.639. The molecule has 0 bridgehead atoms. The van der Waals surface area contributed by atoms with Crippen molar-refractivity contribution in [2.24, 2.45) is 0 Å². The number of aromatic nitrogens is 2. The fourth-order valence-electron chi connectivity index (χ4n) is 3.70. The summed E-state index contributed by atoms with van der Waals surface area (Å²) in [5.74, 6) is 0.766. The third-order valence-corrected chi connectivity index (χ3v) is 5.99. The smallest absolute Gasteiger partial charge is 0.399 e. The van der Waals surface area contributed by atoms with E-state index in [2.05, 4.69) is 6.92 Å². The first-order valence-corrected chi connectivity index (χ1v) is 10.2. The van der Waals surface area contributed by atoms with Crippen LogP contribution in [0.4, 0.5) is 0 Å². The molecule has 0 saturated carbocycles. The summed E-state index contributed by atoms with van der Waals surface area (Å²) < 4.78 is 14.2. The summed E-state index contributed by atoms with van der Waals surface area (Å²) in [4.78, 5) is 18.6. The lowest BCUT2D eigenvalue weighted by atomic mass is 9.77. The Bertz CT molecular complexity index is 1090. The van der Waals surface area contributed by atoms with Crippen molar-refractivity contribution in [3.05, 3.63) is 64.7 Å². The first-order chi connectivity index (χ1) is 13.7. The van der Waals surface area contributed by atoms with Crippen molar-refractivity contribution in [3.63, 3.8) is 0 Å². The molecule has 1 saturated heterocycles. The standard InChI is InChI=1S/C23H27BN2O3/c1-6-11-19-25-18-15-10-14-17(24-28-22(2,3)23(4,5)29-24)20(18)21(27)26(19)16-12-8-7-9-13-16/h7-10,12-15H,6,11H2,1-5H3. The van der Waals surface area contributed by atoms with Crippen LogP contribution < -0.4 is 11.0 Å². The van der Waals surface area contributed by atoms with E-state index in [-0.39, 0.29) is 5.56 Å². The maximum absolute atomic E-state index is 13.7. The Kier molecular flexibility index (Phi) is 4.87. The van der Waals surface area contributed by atoms with Gasteiger partial charge in [0, 0.05) is 6.42 Å². The summed E-state index contributed by atoms with van der Waals surface area (Å²) in [6, 6.07) is 15.4. The minimum absolute atomic E-state index is 0.0880. The van der Waals surface area contributed by atoms with Gasteiger partial charge in [0.15, 0.2) is 0 Å². The Morgan fingerprint density at radius 1 is 0.966 bits per heavy atom. The van der Waals surface area contributed by atoms with Crippen LogP contribution in [0.5, 0.6) is 0 Å². The molecule has 1 aliphatic heterocycles. The molecule has 3 aromatic rings. The Morgan fingerprint density at radius 2 is 1.62 bits per heavy atom. The third kappa shape index (κ3) is 3.30. The van der Waals surface area contributed by atoms with Crippen LogP contribution in [-0.2, 0) is 15.7 Å². The highest BCUT2D eigenvalue weighted by Crippen LogP contribution is 2.36. The third-order valence-electron chi connectivity index (χ3n) is 5.99. The Labute approximate surface area is 171 Å². The first kappa shape index (κ1) is 19.9. The Hall–Kier alpha value is -2.44. The second-order valence-corrected chi connectivity index (χ2v) is 8.58. The fraction of sp³-hybridized carbons (Fsp3) is 0.391. The minimum atomic E-state index is -0.612. The normalized spacial score (nSPS) is 17.8. The molecule has 0 atom stereocenters. The van der Waals surface area contributed by atoms with E-state index < -0.39 is 18.3 Å². The molecule has 1 aromatic heterocycles. The molecule has 150 valence electrons. The zero-order valence-electron chi connectivity index (χ0n) is 17.7. The van der Waals surface area contributed by atoms with Gasteiger partial charge in [0.2, 0.25) is 0 Å². The van der Waals surface area contributed by atoms with Gasteiger partial charge in [-0.1, -0.05) is 37.3 Å². The van der Waals surface area contributed by atoms with E-state index in [1.54, 1.807) is 4.57 Å². The van der Waals surface area contributed by atoms with Crippen LogP contribution in [0.3, 0.4) is 0 Å². The summed E-state index contributed by atoms with van der Waals surface area (Å²) in [6.07, 6.45) is 1.63. The van der Waals surface area contributed by atoms with Crippen LogP contribution in [-0.4, -0.2) is 27.9 Å². The van der Waals surface area contributed by atoms with Gasteiger partial charge in [-0.25, -0.2) is 4.98 Å². The fourth-order valence-corrected chi connectivity index (χ4v) is 3.70. The number of hydrogen-bond acceptors (Lipinski definition) is 4. The van der Waals surface area contributed by atoms with E-state index in [9.17, 15) is 4.79 Å². The lowest BCUT2D eigenvalue weighted by molar-refractivity contribution is 0.00578. The summed E-state index contributed by atoms with van der Waals surface area (Å²) >= 11 is 0. The Balaban J connectivity index is 1.97. The largest absolute Gasteiger partial charge is 0.495 e. The molecule has 0 spiro atoms. The van der Waals surface area contributed by atoms with Gasteiger partial charge in [-0.2, -0.15) is 0 Å². The molecule has 29 heavy (non-hydrogen) atoms. The maximum Gasteiger partial charge on any atom is 0.495 e. The first-order valence-electron chi connectivity index (χ1n) is 10.2. The highest BCUT2D eigenvalue weighted by atomic mass is 16.7. The van der Waals surface area contributed by atoms with Crippen molar-refractivity contribution in [2.75, 3.05) is 0 Å². The second kappa shape index (κ2) is 7.11. The molecule has 2 aromatic carbocycles. The predicted octanol–water partition coefficient (Wildman–Crippen LogP) is 3.64. The van der Waals surface area contributed by atoms with Crippen molar-refractivity contribution in [1.82, 2.24) is 9.55 Å². The average Bonchev–Trinajstić information content (AvgIpc) is 2.89. The number of rotatable bonds is 4. The zero-order valence-corrected chi connectivity index (χ0v) is 17.7. The molecule has 1 fully saturated rings. The van der Waals surface area contributed by atoms with E-state index in [0.29, 0.717) is 10.9 Å². The number of benzene rings is 2. The highest BCUT2D eigenvalue weighted by Gasteiger charge is 2.52. The molecule has 1 aliphatic rings. The summed E-state index contributed by atoms with van der Waals surface area (Å²) in [6.45, 7) is 10.1. The molecule has 2 heterocycles. The van der Waals surface area contributed by atoms with Gasteiger partial charge in [0.25, 0.3) is 5.56 Å². The Morgan fingerprint density at radius 3 is 2.24 bits per heavy atom. The molecule has 0 aliphatic carbocycles. The summed E-state index contributed by atoms with van der Waals surface area (Å²) in [5.41, 5.74) is 1.18. The molecular formula is C23H27BN2O3. The lowest BCUT2D eigenvalue weighted by Crippen LogP contribution is -2.41. The molecule has 5 nitrogen and oxygen atoms in total. The van der Waals surface area contributed by atoms with E-state index >= 15 is 0 Å². The molecule has 0 unspecified atom stereocenters. The molecule has 6 heteroatoms. The molecule has 0 radical (unpaired) electrons. The van der Waals surface area contributed by atoms with Crippen molar-refractivity contribution in [3.8, 4) is 5.69 Å². The van der Waals surface area contributed by atoms with Crippen LogP contribution in [0.15, 0.2) is 53.3 Å². The van der Waals surface area contributed by atoms with Gasteiger partial charge in [-0.05, 0) is 57.8 Å². The van der Waals surface area contributed by atoms with Crippen LogP contribution in [0, 0.1) is 0 Å². The molecule has 0 N–H and O–H groups in total. The second-order valence-electron chi connectivity index (χ2n) is 8.58. The number of fused-ring (bicyclic) bond motifs is 1. The van der Waals surface area contributed by atoms with Crippen molar-refractivity contribution < 1.29 is 9.31 Å². The van der Waals surface area contributed by atoms with E-state index in [0.717, 1.165) is 29.8 Å². The number of nitrogens with zero attached hydrogens (tertiary/aromatic N) is 2. The van der Waals surface area contributed by atoms with Crippen LogP contribution in [0.2, 0.25) is 0 Å². The van der Waals surface area contributed by atoms with Crippen molar-refractivity contribution in [1.29, 1.82) is 0 Å². The van der Waals surface area contributed by atoms with Crippen molar-refractivity contribution >= 4 is 23.5 Å². The predicted molar refractivity (Wildman–Crippen MR) is 117 cm³/mol. The van der Waals surface area contributed by atoms with Crippen LogP contribution in [0.1, 0.15) is 46.9 Å². The van der Waals surface area contributed by atoms with Gasteiger partial charge in [-0.3, -0.25) is 9.36 Å². The summed E-state index contributed by atoms with van der Waals surface area (Å²) in [5, 5.41) is 0.551. The monoisotopic (exact) mass is 390 g/mol. The topological polar surface area (TPSA) is 53.4 Å². The van der Waals surface area contributed by atoms with Crippen LogP contribution >= 0.6 is 0 Å². The summed E-state index contributed by atoms with van der Waals surface area (Å²) in [7, 11) is -0.612. The van der Waals surface area contributed by atoms with E-state index in [1.165, 1.54) is 0 Å². The number of hydrogen-bond donors (Lipinski definition) is 0. The van der Waals surface area contributed by atoms with Crippen LogP contribution in [0.25, 0.3) is 16.6 Å². The van der Waals surface area contributed by atoms with E-state index in [1.807, 2.05) is 76.2 Å².